The summed E-state index contributed by atoms with van der Waals surface area (Å²) in [5, 5.41) is 0. The van der Waals surface area contributed by atoms with E-state index >= 15 is 0 Å². The van der Waals surface area contributed by atoms with Gasteiger partial charge in [0.05, 0.1) is 5.92 Å². The van der Waals surface area contributed by atoms with Crippen LogP contribution in [0.25, 0.3) is 0 Å². The van der Waals surface area contributed by atoms with Gasteiger partial charge in [-0.25, -0.2) is 0 Å². The molecule has 0 saturated carbocycles. The molecule has 13 heavy (non-hydrogen) atoms. The van der Waals surface area contributed by atoms with Crippen LogP contribution in [-0.2, 0) is 0 Å². The molecule has 0 aliphatic rings. The number of alkyl halides is 3. The molecular weight excluding hydrogens is 197 g/mol. The first-order chi connectivity index (χ1) is 5.52. The van der Waals surface area contributed by atoms with Gasteiger partial charge in [-0.3, -0.25) is 0 Å². The SMILES string of the molecule is CC(c1ccccc1)C(F)(F)F.S. The molecule has 0 N–H and O–H groups in total. The van der Waals surface area contributed by atoms with E-state index in [1.807, 2.05) is 0 Å². The molecule has 1 rings (SSSR count). The van der Waals surface area contributed by atoms with Gasteiger partial charge in [-0.2, -0.15) is 26.7 Å². The van der Waals surface area contributed by atoms with E-state index in [-0.39, 0.29) is 13.5 Å². The highest BCUT2D eigenvalue weighted by Crippen LogP contribution is 2.33. The van der Waals surface area contributed by atoms with Crippen molar-refractivity contribution in [3.05, 3.63) is 35.9 Å². The predicted octanol–water partition coefficient (Wildman–Crippen LogP) is 3.47. The van der Waals surface area contributed by atoms with Gasteiger partial charge in [0.2, 0.25) is 0 Å². The summed E-state index contributed by atoms with van der Waals surface area (Å²) in [6, 6.07) is 7.89. The molecular formula is C9H11F3S. The second-order valence-corrected chi connectivity index (χ2v) is 2.67. The smallest absolute Gasteiger partial charge is 0.197 e. The molecule has 0 nitrogen and oxygen atoms in total. The first-order valence-corrected chi connectivity index (χ1v) is 3.63. The van der Waals surface area contributed by atoms with E-state index < -0.39 is 12.1 Å². The molecule has 0 radical (unpaired) electrons. The van der Waals surface area contributed by atoms with Gasteiger partial charge in [0.15, 0.2) is 0 Å². The maximum absolute atomic E-state index is 12.1. The van der Waals surface area contributed by atoms with Crippen LogP contribution in [0.2, 0.25) is 0 Å². The van der Waals surface area contributed by atoms with Crippen molar-refractivity contribution in [3.63, 3.8) is 0 Å². The van der Waals surface area contributed by atoms with Crippen LogP contribution in [0.1, 0.15) is 18.4 Å². The van der Waals surface area contributed by atoms with Crippen molar-refractivity contribution < 1.29 is 13.2 Å². The van der Waals surface area contributed by atoms with Gasteiger partial charge in [-0.1, -0.05) is 30.3 Å². The quantitative estimate of drug-likeness (QED) is 0.663. The Labute approximate surface area is 82.2 Å². The molecule has 0 spiro atoms. The third-order valence-electron chi connectivity index (χ3n) is 1.79. The Bertz CT molecular complexity index is 243. The van der Waals surface area contributed by atoms with E-state index in [9.17, 15) is 13.2 Å². The lowest BCUT2D eigenvalue weighted by Crippen LogP contribution is -2.17. The third-order valence-corrected chi connectivity index (χ3v) is 1.79. The highest BCUT2D eigenvalue weighted by molar-refractivity contribution is 7.59. The van der Waals surface area contributed by atoms with Crippen LogP contribution in [0.15, 0.2) is 30.3 Å². The zero-order chi connectivity index (χ0) is 9.19. The first-order valence-electron chi connectivity index (χ1n) is 3.63. The largest absolute Gasteiger partial charge is 0.395 e. The van der Waals surface area contributed by atoms with Crippen molar-refractivity contribution >= 4 is 13.5 Å². The standard InChI is InChI=1S/C9H9F3.H2S/c1-7(9(10,11)12)8-5-3-2-4-6-8;/h2-7H,1H3;1H2. The first kappa shape index (κ1) is 12.4. The molecule has 1 aromatic carbocycles. The predicted molar refractivity (Wildman–Crippen MR) is 51.3 cm³/mol. The summed E-state index contributed by atoms with van der Waals surface area (Å²) in [4.78, 5) is 0. The Balaban J connectivity index is 0.00000144. The Hall–Kier alpha value is -0.640. The van der Waals surface area contributed by atoms with Gasteiger partial charge in [-0.15, -0.1) is 0 Å². The number of halogens is 3. The van der Waals surface area contributed by atoms with E-state index in [1.54, 1.807) is 18.2 Å². The lowest BCUT2D eigenvalue weighted by Gasteiger charge is -2.15. The van der Waals surface area contributed by atoms with Crippen molar-refractivity contribution in [2.24, 2.45) is 0 Å². The minimum atomic E-state index is -4.14. The van der Waals surface area contributed by atoms with Crippen LogP contribution in [-0.4, -0.2) is 6.18 Å². The summed E-state index contributed by atoms with van der Waals surface area (Å²) >= 11 is 0. The van der Waals surface area contributed by atoms with Crippen LogP contribution in [0.3, 0.4) is 0 Å². The molecule has 74 valence electrons. The summed E-state index contributed by atoms with van der Waals surface area (Å²) in [5.74, 6) is -1.38. The van der Waals surface area contributed by atoms with Crippen molar-refractivity contribution in [3.8, 4) is 0 Å². The highest BCUT2D eigenvalue weighted by atomic mass is 32.1. The molecule has 0 saturated heterocycles. The Morgan fingerprint density at radius 3 is 1.92 bits per heavy atom. The fourth-order valence-corrected chi connectivity index (χ4v) is 0.931. The van der Waals surface area contributed by atoms with Crippen molar-refractivity contribution in [1.82, 2.24) is 0 Å². The number of rotatable bonds is 1. The van der Waals surface area contributed by atoms with Gasteiger partial charge in [0.1, 0.15) is 0 Å². The zero-order valence-corrected chi connectivity index (χ0v) is 8.10. The van der Waals surface area contributed by atoms with E-state index in [4.69, 9.17) is 0 Å². The maximum Gasteiger partial charge on any atom is 0.395 e. The van der Waals surface area contributed by atoms with Crippen LogP contribution >= 0.6 is 13.5 Å². The molecule has 0 heterocycles. The molecule has 0 aromatic heterocycles. The zero-order valence-electron chi connectivity index (χ0n) is 7.10. The van der Waals surface area contributed by atoms with Crippen LogP contribution < -0.4 is 0 Å². The van der Waals surface area contributed by atoms with Gasteiger partial charge in [0, 0.05) is 0 Å². The molecule has 1 unspecified atom stereocenters. The third kappa shape index (κ3) is 3.30. The summed E-state index contributed by atoms with van der Waals surface area (Å²) in [5.41, 5.74) is 0.310. The van der Waals surface area contributed by atoms with E-state index in [0.717, 1.165) is 6.92 Å². The van der Waals surface area contributed by atoms with Crippen LogP contribution in [0.5, 0.6) is 0 Å². The maximum atomic E-state index is 12.1. The lowest BCUT2D eigenvalue weighted by atomic mass is 10.0. The second-order valence-electron chi connectivity index (χ2n) is 2.67. The molecule has 0 fully saturated rings. The van der Waals surface area contributed by atoms with E-state index in [1.165, 1.54) is 12.1 Å². The summed E-state index contributed by atoms with van der Waals surface area (Å²) in [6.45, 7) is 1.16. The van der Waals surface area contributed by atoms with E-state index in [0.29, 0.717) is 5.56 Å². The van der Waals surface area contributed by atoms with Crippen LogP contribution in [0, 0.1) is 0 Å². The summed E-state index contributed by atoms with van der Waals surface area (Å²) in [6.07, 6.45) is -4.14. The fourth-order valence-electron chi connectivity index (χ4n) is 0.931. The Morgan fingerprint density at radius 1 is 1.08 bits per heavy atom. The van der Waals surface area contributed by atoms with Crippen molar-refractivity contribution in [2.45, 2.75) is 19.0 Å². The van der Waals surface area contributed by atoms with Crippen LogP contribution in [0.4, 0.5) is 13.2 Å². The van der Waals surface area contributed by atoms with Crippen molar-refractivity contribution in [2.75, 3.05) is 0 Å². The number of hydrogen-bond acceptors (Lipinski definition) is 0. The minimum absolute atomic E-state index is 0. The van der Waals surface area contributed by atoms with Gasteiger partial charge in [-0.05, 0) is 12.5 Å². The fraction of sp³-hybridized carbons (Fsp3) is 0.333. The topological polar surface area (TPSA) is 0 Å². The molecule has 0 aliphatic carbocycles. The average Bonchev–Trinajstić information content (AvgIpc) is 2.03. The molecule has 0 bridgehead atoms. The van der Waals surface area contributed by atoms with E-state index in [2.05, 4.69) is 0 Å². The van der Waals surface area contributed by atoms with Gasteiger partial charge >= 0.3 is 6.18 Å². The molecule has 1 atom stereocenters. The minimum Gasteiger partial charge on any atom is -0.197 e. The Kier molecular flexibility index (Phi) is 4.33. The Morgan fingerprint density at radius 2 is 1.54 bits per heavy atom. The second kappa shape index (κ2) is 4.56. The van der Waals surface area contributed by atoms with Crippen molar-refractivity contribution in [1.29, 1.82) is 0 Å². The normalized spacial score (nSPS) is 13.2. The van der Waals surface area contributed by atoms with Gasteiger partial charge < -0.3 is 0 Å². The molecule has 1 aromatic rings. The molecule has 0 aliphatic heterocycles. The number of hydrogen-bond donors (Lipinski definition) is 0. The molecule has 4 heteroatoms. The lowest BCUT2D eigenvalue weighted by molar-refractivity contribution is -0.146. The van der Waals surface area contributed by atoms with Gasteiger partial charge in [0.25, 0.3) is 0 Å². The number of benzene rings is 1. The summed E-state index contributed by atoms with van der Waals surface area (Å²) in [7, 11) is 0. The average molecular weight is 208 g/mol. The highest BCUT2D eigenvalue weighted by Gasteiger charge is 2.36. The summed E-state index contributed by atoms with van der Waals surface area (Å²) < 4.78 is 36.4. The monoisotopic (exact) mass is 208 g/mol. The molecule has 0 amide bonds.